The molecule has 2 nitrogen and oxygen atoms in total. The third-order valence-electron chi connectivity index (χ3n) is 2.12. The van der Waals surface area contributed by atoms with Crippen molar-refractivity contribution in [2.45, 2.75) is 25.9 Å². The number of aryl methyl sites for hydroxylation is 1. The van der Waals surface area contributed by atoms with E-state index in [1.54, 1.807) is 0 Å². The Balaban J connectivity index is 2.14. The van der Waals surface area contributed by atoms with E-state index in [0.717, 1.165) is 24.4 Å². The Morgan fingerprint density at radius 2 is 2.27 bits per heavy atom. The summed E-state index contributed by atoms with van der Waals surface area (Å²) in [5.74, 6) is 2.06. The molecule has 1 N–H and O–H groups in total. The highest BCUT2D eigenvalue weighted by molar-refractivity contribution is 5.10. The molecular formula is C9H12O2. The van der Waals surface area contributed by atoms with Gasteiger partial charge in [-0.05, 0) is 37.8 Å². The van der Waals surface area contributed by atoms with Gasteiger partial charge < -0.3 is 9.52 Å². The smallest absolute Gasteiger partial charge is 0.132 e. The Morgan fingerprint density at radius 1 is 1.55 bits per heavy atom. The van der Waals surface area contributed by atoms with Crippen LogP contribution in [0, 0.1) is 12.8 Å². The van der Waals surface area contributed by atoms with Crippen LogP contribution in [0.4, 0.5) is 0 Å². The van der Waals surface area contributed by atoms with Crippen LogP contribution in [-0.4, -0.2) is 5.11 Å². The summed E-state index contributed by atoms with van der Waals surface area (Å²) in [6.45, 7) is 1.89. The van der Waals surface area contributed by atoms with E-state index in [1.807, 2.05) is 19.1 Å². The minimum atomic E-state index is -0.358. The molecule has 1 fully saturated rings. The van der Waals surface area contributed by atoms with Gasteiger partial charge in [-0.25, -0.2) is 0 Å². The summed E-state index contributed by atoms with van der Waals surface area (Å²) in [6, 6.07) is 3.75. The molecule has 0 aromatic carbocycles. The molecule has 1 aliphatic rings. The van der Waals surface area contributed by atoms with Crippen molar-refractivity contribution in [2.24, 2.45) is 5.92 Å². The second kappa shape index (κ2) is 2.38. The highest BCUT2D eigenvalue weighted by Crippen LogP contribution is 2.41. The van der Waals surface area contributed by atoms with E-state index in [9.17, 15) is 5.11 Å². The number of rotatable bonds is 2. The van der Waals surface area contributed by atoms with Crippen LogP contribution in [0.15, 0.2) is 16.5 Å². The van der Waals surface area contributed by atoms with Gasteiger partial charge in [0, 0.05) is 0 Å². The van der Waals surface area contributed by atoms with Crippen molar-refractivity contribution < 1.29 is 9.52 Å². The molecule has 60 valence electrons. The van der Waals surface area contributed by atoms with Gasteiger partial charge in [0.1, 0.15) is 17.6 Å². The lowest BCUT2D eigenvalue weighted by Crippen LogP contribution is -1.96. The lowest BCUT2D eigenvalue weighted by Gasteiger charge is -2.03. The van der Waals surface area contributed by atoms with Crippen molar-refractivity contribution >= 4 is 0 Å². The molecule has 1 unspecified atom stereocenters. The van der Waals surface area contributed by atoms with Crippen molar-refractivity contribution in [3.05, 3.63) is 23.7 Å². The molecule has 0 bridgehead atoms. The van der Waals surface area contributed by atoms with Gasteiger partial charge in [0.15, 0.2) is 0 Å². The molecule has 1 aromatic rings. The highest BCUT2D eigenvalue weighted by atomic mass is 16.4. The normalized spacial score (nSPS) is 20.2. The van der Waals surface area contributed by atoms with Gasteiger partial charge >= 0.3 is 0 Å². The topological polar surface area (TPSA) is 33.4 Å². The Labute approximate surface area is 65.8 Å². The van der Waals surface area contributed by atoms with E-state index in [4.69, 9.17) is 4.42 Å². The van der Waals surface area contributed by atoms with E-state index >= 15 is 0 Å². The van der Waals surface area contributed by atoms with Gasteiger partial charge in [-0.2, -0.15) is 0 Å². The van der Waals surface area contributed by atoms with Crippen LogP contribution in [-0.2, 0) is 0 Å². The molecule has 0 saturated heterocycles. The van der Waals surface area contributed by atoms with E-state index < -0.39 is 0 Å². The van der Waals surface area contributed by atoms with Crippen molar-refractivity contribution in [3.8, 4) is 0 Å². The Kier molecular flexibility index (Phi) is 1.50. The van der Waals surface area contributed by atoms with E-state index in [2.05, 4.69) is 0 Å². The van der Waals surface area contributed by atoms with Crippen LogP contribution in [0.3, 0.4) is 0 Å². The number of hydrogen-bond acceptors (Lipinski definition) is 2. The Bertz CT molecular complexity index is 248. The van der Waals surface area contributed by atoms with Crippen LogP contribution >= 0.6 is 0 Å². The van der Waals surface area contributed by atoms with Crippen LogP contribution < -0.4 is 0 Å². The Morgan fingerprint density at radius 3 is 2.73 bits per heavy atom. The predicted molar refractivity (Wildman–Crippen MR) is 41.1 cm³/mol. The zero-order valence-corrected chi connectivity index (χ0v) is 6.58. The van der Waals surface area contributed by atoms with E-state index in [0.29, 0.717) is 5.92 Å². The second-order valence-corrected chi connectivity index (χ2v) is 3.23. The maximum Gasteiger partial charge on any atom is 0.132 e. The van der Waals surface area contributed by atoms with Crippen molar-refractivity contribution in [1.82, 2.24) is 0 Å². The largest absolute Gasteiger partial charge is 0.464 e. The molecule has 1 atom stereocenters. The summed E-state index contributed by atoms with van der Waals surface area (Å²) in [5.41, 5.74) is 0. The molecule has 2 rings (SSSR count). The summed E-state index contributed by atoms with van der Waals surface area (Å²) in [4.78, 5) is 0. The minimum Gasteiger partial charge on any atom is -0.464 e. The molecule has 1 aromatic heterocycles. The quantitative estimate of drug-likeness (QED) is 0.703. The SMILES string of the molecule is Cc1ccc(C(O)C2CC2)o1. The second-order valence-electron chi connectivity index (χ2n) is 3.23. The maximum absolute atomic E-state index is 9.58. The standard InChI is InChI=1S/C9H12O2/c1-6-2-5-8(11-6)9(10)7-3-4-7/h2,5,7,9-10H,3-4H2,1H3. The average molecular weight is 152 g/mol. The van der Waals surface area contributed by atoms with Crippen LogP contribution in [0.5, 0.6) is 0 Å². The van der Waals surface area contributed by atoms with Crippen molar-refractivity contribution in [3.63, 3.8) is 0 Å². The monoisotopic (exact) mass is 152 g/mol. The predicted octanol–water partition coefficient (Wildman–Crippen LogP) is 2.03. The van der Waals surface area contributed by atoms with E-state index in [-0.39, 0.29) is 6.10 Å². The summed E-state index contributed by atoms with van der Waals surface area (Å²) in [7, 11) is 0. The minimum absolute atomic E-state index is 0.358. The molecule has 0 spiro atoms. The van der Waals surface area contributed by atoms with Gasteiger partial charge in [0.2, 0.25) is 0 Å². The molecule has 1 saturated carbocycles. The molecule has 2 heteroatoms. The first-order chi connectivity index (χ1) is 5.27. The molecule has 0 amide bonds. The molecule has 0 radical (unpaired) electrons. The first kappa shape index (κ1) is 6.92. The summed E-state index contributed by atoms with van der Waals surface area (Å²) in [5, 5.41) is 9.58. The first-order valence-corrected chi connectivity index (χ1v) is 4.02. The maximum atomic E-state index is 9.58. The fourth-order valence-electron chi connectivity index (χ4n) is 1.26. The Hall–Kier alpha value is -0.760. The third-order valence-corrected chi connectivity index (χ3v) is 2.12. The highest BCUT2D eigenvalue weighted by Gasteiger charge is 2.32. The lowest BCUT2D eigenvalue weighted by molar-refractivity contribution is 0.126. The van der Waals surface area contributed by atoms with Gasteiger partial charge in [0.05, 0.1) is 0 Å². The van der Waals surface area contributed by atoms with Gasteiger partial charge in [0.25, 0.3) is 0 Å². The van der Waals surface area contributed by atoms with Crippen LogP contribution in [0.1, 0.15) is 30.5 Å². The fraction of sp³-hybridized carbons (Fsp3) is 0.556. The fourth-order valence-corrected chi connectivity index (χ4v) is 1.26. The summed E-state index contributed by atoms with van der Waals surface area (Å²) < 4.78 is 5.30. The number of aliphatic hydroxyl groups is 1. The molecule has 0 aliphatic heterocycles. The molecule has 1 aliphatic carbocycles. The van der Waals surface area contributed by atoms with Gasteiger partial charge in [-0.15, -0.1) is 0 Å². The molecule has 1 heterocycles. The summed E-state index contributed by atoms with van der Waals surface area (Å²) in [6.07, 6.45) is 1.92. The van der Waals surface area contributed by atoms with E-state index in [1.165, 1.54) is 0 Å². The summed E-state index contributed by atoms with van der Waals surface area (Å²) >= 11 is 0. The number of furan rings is 1. The van der Waals surface area contributed by atoms with Crippen molar-refractivity contribution in [1.29, 1.82) is 0 Å². The molecular weight excluding hydrogens is 140 g/mol. The van der Waals surface area contributed by atoms with Gasteiger partial charge in [-0.1, -0.05) is 0 Å². The zero-order valence-electron chi connectivity index (χ0n) is 6.58. The lowest BCUT2D eigenvalue weighted by atomic mass is 10.2. The van der Waals surface area contributed by atoms with Crippen molar-refractivity contribution in [2.75, 3.05) is 0 Å². The zero-order chi connectivity index (χ0) is 7.84. The third kappa shape index (κ3) is 1.31. The van der Waals surface area contributed by atoms with Crippen LogP contribution in [0.25, 0.3) is 0 Å². The molecule has 11 heavy (non-hydrogen) atoms. The number of aliphatic hydroxyl groups excluding tert-OH is 1. The number of hydrogen-bond donors (Lipinski definition) is 1. The average Bonchev–Trinajstić information content (AvgIpc) is 2.74. The van der Waals surface area contributed by atoms with Gasteiger partial charge in [-0.3, -0.25) is 0 Å². The first-order valence-electron chi connectivity index (χ1n) is 4.02. The van der Waals surface area contributed by atoms with Crippen LogP contribution in [0.2, 0.25) is 0 Å².